The van der Waals surface area contributed by atoms with Crippen LogP contribution in [0.15, 0.2) is 47.4 Å². The number of nitrogens with one attached hydrogen (secondary N) is 2. The van der Waals surface area contributed by atoms with Crippen LogP contribution in [0, 0.1) is 17.5 Å². The predicted molar refractivity (Wildman–Crippen MR) is 93.6 cm³/mol. The number of halogens is 4. The van der Waals surface area contributed by atoms with Gasteiger partial charge in [0.1, 0.15) is 17.3 Å². The standard InChI is InChI=1S/C18H11ClF3N3O/c19-13-6-11(21)7-14(22)17(13)24-25-8-9-3-4-23-18(26)16(9)12-5-10(20)1-2-15(12)25/h1-7,24H,8H2,(H,23,26). The Morgan fingerprint density at radius 1 is 1.08 bits per heavy atom. The van der Waals surface area contributed by atoms with E-state index in [9.17, 15) is 18.0 Å². The second-order valence-electron chi connectivity index (χ2n) is 5.81. The summed E-state index contributed by atoms with van der Waals surface area (Å²) >= 11 is 5.95. The van der Waals surface area contributed by atoms with Crippen molar-refractivity contribution in [2.24, 2.45) is 0 Å². The molecule has 132 valence electrons. The molecule has 1 aliphatic rings. The van der Waals surface area contributed by atoms with Crippen molar-refractivity contribution in [2.45, 2.75) is 6.54 Å². The lowest BCUT2D eigenvalue weighted by Crippen LogP contribution is -2.34. The maximum atomic E-state index is 14.1. The van der Waals surface area contributed by atoms with Crippen molar-refractivity contribution in [1.29, 1.82) is 0 Å². The fraction of sp³-hybridized carbons (Fsp3) is 0.0556. The molecule has 0 saturated carbocycles. The molecular weight excluding hydrogens is 367 g/mol. The molecule has 0 atom stereocenters. The van der Waals surface area contributed by atoms with Crippen LogP contribution in [0.3, 0.4) is 0 Å². The lowest BCUT2D eigenvalue weighted by molar-refractivity contribution is 0.584. The quantitative estimate of drug-likeness (QED) is 0.693. The number of fused-ring (bicyclic) bond motifs is 3. The summed E-state index contributed by atoms with van der Waals surface area (Å²) < 4.78 is 41.2. The van der Waals surface area contributed by atoms with Crippen LogP contribution in [0.4, 0.5) is 24.5 Å². The van der Waals surface area contributed by atoms with Crippen molar-refractivity contribution in [1.82, 2.24) is 4.98 Å². The molecule has 2 heterocycles. The van der Waals surface area contributed by atoms with Crippen molar-refractivity contribution in [3.05, 3.63) is 81.0 Å². The number of benzene rings is 2. The van der Waals surface area contributed by atoms with E-state index in [1.54, 1.807) is 6.07 Å². The second-order valence-corrected chi connectivity index (χ2v) is 6.22. The average Bonchev–Trinajstić information content (AvgIpc) is 2.57. The molecule has 4 rings (SSSR count). The van der Waals surface area contributed by atoms with Crippen molar-refractivity contribution >= 4 is 23.0 Å². The number of nitrogens with zero attached hydrogens (tertiary/aromatic N) is 1. The highest BCUT2D eigenvalue weighted by atomic mass is 35.5. The third-order valence-electron chi connectivity index (χ3n) is 4.15. The molecule has 8 heteroatoms. The zero-order chi connectivity index (χ0) is 18.4. The van der Waals surface area contributed by atoms with E-state index in [-0.39, 0.29) is 22.8 Å². The fourth-order valence-corrected chi connectivity index (χ4v) is 3.27. The number of H-pyrrole nitrogens is 1. The summed E-state index contributed by atoms with van der Waals surface area (Å²) in [6, 6.07) is 7.33. The Balaban J connectivity index is 1.84. The van der Waals surface area contributed by atoms with Gasteiger partial charge in [-0.2, -0.15) is 0 Å². The predicted octanol–water partition coefficient (Wildman–Crippen LogP) is 4.46. The van der Waals surface area contributed by atoms with Crippen LogP contribution in [-0.2, 0) is 6.54 Å². The van der Waals surface area contributed by atoms with Gasteiger partial charge in [0.2, 0.25) is 0 Å². The first-order valence-corrected chi connectivity index (χ1v) is 8.01. The van der Waals surface area contributed by atoms with Crippen LogP contribution in [0.1, 0.15) is 5.56 Å². The largest absolute Gasteiger partial charge is 0.329 e. The maximum absolute atomic E-state index is 14.1. The van der Waals surface area contributed by atoms with E-state index in [2.05, 4.69) is 10.4 Å². The number of rotatable bonds is 2. The number of aromatic nitrogens is 1. The van der Waals surface area contributed by atoms with Crippen LogP contribution in [0.5, 0.6) is 0 Å². The molecule has 4 nitrogen and oxygen atoms in total. The second kappa shape index (κ2) is 6.10. The van der Waals surface area contributed by atoms with Crippen LogP contribution >= 0.6 is 11.6 Å². The number of anilines is 2. The molecule has 0 amide bonds. The molecule has 0 bridgehead atoms. The number of aromatic amines is 1. The summed E-state index contributed by atoms with van der Waals surface area (Å²) in [6.45, 7) is 0.199. The Morgan fingerprint density at radius 3 is 2.65 bits per heavy atom. The molecule has 0 spiro atoms. The molecule has 0 fully saturated rings. The minimum atomic E-state index is -0.865. The van der Waals surface area contributed by atoms with E-state index < -0.39 is 17.5 Å². The van der Waals surface area contributed by atoms with E-state index >= 15 is 0 Å². The van der Waals surface area contributed by atoms with E-state index in [4.69, 9.17) is 11.6 Å². The van der Waals surface area contributed by atoms with Crippen molar-refractivity contribution in [3.63, 3.8) is 0 Å². The van der Waals surface area contributed by atoms with E-state index in [0.717, 1.165) is 6.07 Å². The van der Waals surface area contributed by atoms with Crippen LogP contribution in [0.2, 0.25) is 5.02 Å². The Bertz CT molecular complexity index is 1060. The zero-order valence-corrected chi connectivity index (χ0v) is 13.9. The third-order valence-corrected chi connectivity index (χ3v) is 4.45. The van der Waals surface area contributed by atoms with Gasteiger partial charge in [-0.1, -0.05) is 11.6 Å². The summed E-state index contributed by atoms with van der Waals surface area (Å²) in [5, 5.41) is 1.39. The Hall–Kier alpha value is -2.93. The van der Waals surface area contributed by atoms with Crippen molar-refractivity contribution in [3.8, 4) is 11.1 Å². The number of hydrogen-bond acceptors (Lipinski definition) is 3. The third kappa shape index (κ3) is 2.70. The lowest BCUT2D eigenvalue weighted by Gasteiger charge is -2.33. The normalized spacial score (nSPS) is 12.5. The first-order chi connectivity index (χ1) is 12.4. The Labute approximate surface area is 150 Å². The Morgan fingerprint density at radius 2 is 1.88 bits per heavy atom. The first-order valence-electron chi connectivity index (χ1n) is 7.63. The molecule has 0 unspecified atom stereocenters. The molecule has 26 heavy (non-hydrogen) atoms. The molecule has 0 aliphatic carbocycles. The van der Waals surface area contributed by atoms with Crippen LogP contribution < -0.4 is 16.0 Å². The van der Waals surface area contributed by atoms with Gasteiger partial charge < -0.3 is 4.98 Å². The first kappa shape index (κ1) is 16.5. The van der Waals surface area contributed by atoms with E-state index in [0.29, 0.717) is 28.4 Å². The molecule has 0 radical (unpaired) electrons. The van der Waals surface area contributed by atoms with Gasteiger partial charge >= 0.3 is 0 Å². The topological polar surface area (TPSA) is 48.1 Å². The van der Waals surface area contributed by atoms with Gasteiger partial charge in [-0.25, -0.2) is 13.2 Å². The van der Waals surface area contributed by atoms with Gasteiger partial charge in [0, 0.05) is 17.8 Å². The highest BCUT2D eigenvalue weighted by Crippen LogP contribution is 2.38. The summed E-state index contributed by atoms with van der Waals surface area (Å²) in [5.74, 6) is -2.17. The van der Waals surface area contributed by atoms with Gasteiger partial charge in [0.25, 0.3) is 5.56 Å². The van der Waals surface area contributed by atoms with Gasteiger partial charge in [-0.05, 0) is 35.9 Å². The van der Waals surface area contributed by atoms with E-state index in [1.807, 2.05) is 0 Å². The average molecular weight is 378 g/mol. The van der Waals surface area contributed by atoms with Gasteiger partial charge in [0.15, 0.2) is 5.82 Å². The summed E-state index contributed by atoms with van der Waals surface area (Å²) in [6.07, 6.45) is 1.48. The zero-order valence-electron chi connectivity index (χ0n) is 13.1. The molecule has 0 saturated heterocycles. The lowest BCUT2D eigenvalue weighted by atomic mass is 9.96. The van der Waals surface area contributed by atoms with Gasteiger partial charge in [-0.15, -0.1) is 0 Å². The number of hydrogen-bond donors (Lipinski definition) is 2. The van der Waals surface area contributed by atoms with Gasteiger partial charge in [0.05, 0.1) is 22.8 Å². The molecule has 3 aromatic rings. The van der Waals surface area contributed by atoms with Crippen LogP contribution in [-0.4, -0.2) is 4.98 Å². The monoisotopic (exact) mass is 377 g/mol. The summed E-state index contributed by atoms with van der Waals surface area (Å²) in [5.41, 5.74) is 4.15. The summed E-state index contributed by atoms with van der Waals surface area (Å²) in [4.78, 5) is 14.8. The minimum absolute atomic E-state index is 0.114. The van der Waals surface area contributed by atoms with Crippen molar-refractivity contribution < 1.29 is 13.2 Å². The number of hydrazine groups is 1. The van der Waals surface area contributed by atoms with Gasteiger partial charge in [-0.3, -0.25) is 15.2 Å². The molecule has 1 aromatic heterocycles. The molecular formula is C18H11ClF3N3O. The number of pyridine rings is 1. The molecule has 2 N–H and O–H groups in total. The SMILES string of the molecule is O=c1[nH]ccc2c1-c1cc(F)ccc1N(Nc1c(F)cc(F)cc1Cl)C2. The summed E-state index contributed by atoms with van der Waals surface area (Å²) in [7, 11) is 0. The van der Waals surface area contributed by atoms with E-state index in [1.165, 1.54) is 29.4 Å². The fourth-order valence-electron chi connectivity index (χ4n) is 3.03. The highest BCUT2D eigenvalue weighted by molar-refractivity contribution is 6.33. The van der Waals surface area contributed by atoms with Crippen LogP contribution in [0.25, 0.3) is 11.1 Å². The van der Waals surface area contributed by atoms with Crippen molar-refractivity contribution in [2.75, 3.05) is 10.4 Å². The Kier molecular flexibility index (Phi) is 3.88. The molecule has 1 aliphatic heterocycles. The highest BCUT2D eigenvalue weighted by Gasteiger charge is 2.26. The molecule has 2 aromatic carbocycles. The minimum Gasteiger partial charge on any atom is -0.329 e. The maximum Gasteiger partial charge on any atom is 0.256 e. The smallest absolute Gasteiger partial charge is 0.256 e.